The van der Waals surface area contributed by atoms with Gasteiger partial charge in [-0.15, -0.1) is 11.3 Å². The zero-order valence-corrected chi connectivity index (χ0v) is 14.7. The fourth-order valence-corrected chi connectivity index (χ4v) is 4.21. The van der Waals surface area contributed by atoms with Crippen LogP contribution in [0, 0.1) is 0 Å². The van der Waals surface area contributed by atoms with Gasteiger partial charge in [0, 0.05) is 10.3 Å². The van der Waals surface area contributed by atoms with Crippen molar-refractivity contribution in [3.05, 3.63) is 67.7 Å². The highest BCUT2D eigenvalue weighted by Crippen LogP contribution is 2.29. The molecule has 1 aromatic carbocycles. The summed E-state index contributed by atoms with van der Waals surface area (Å²) >= 11 is 1.45. The van der Waals surface area contributed by atoms with Crippen LogP contribution in [0.15, 0.2) is 45.6 Å². The van der Waals surface area contributed by atoms with Crippen LogP contribution in [0.4, 0.5) is 0 Å². The molecule has 132 valence electrons. The smallest absolute Gasteiger partial charge is 0.349 e. The number of thiophene rings is 1. The van der Waals surface area contributed by atoms with Crippen molar-refractivity contribution in [1.29, 1.82) is 0 Å². The van der Waals surface area contributed by atoms with Crippen LogP contribution < -0.4 is 16.5 Å². The predicted molar refractivity (Wildman–Crippen MR) is 98.4 cm³/mol. The molecule has 0 saturated heterocycles. The molecule has 0 saturated carbocycles. The molecular formula is C19H16N2O4S. The summed E-state index contributed by atoms with van der Waals surface area (Å²) in [5.41, 5.74) is 5.38. The summed E-state index contributed by atoms with van der Waals surface area (Å²) in [6.45, 7) is 0. The summed E-state index contributed by atoms with van der Waals surface area (Å²) < 4.78 is 5.13. The quantitative estimate of drug-likeness (QED) is 0.538. The van der Waals surface area contributed by atoms with E-state index in [1.807, 2.05) is 6.07 Å². The molecule has 2 heterocycles. The fourth-order valence-electron chi connectivity index (χ4n) is 3.07. The van der Waals surface area contributed by atoms with Gasteiger partial charge < -0.3 is 4.42 Å². The second-order valence-electron chi connectivity index (χ2n) is 6.16. The van der Waals surface area contributed by atoms with Gasteiger partial charge in [0.05, 0.1) is 4.88 Å². The first kappa shape index (κ1) is 16.5. The van der Waals surface area contributed by atoms with Gasteiger partial charge in [-0.25, -0.2) is 4.79 Å². The largest absolute Gasteiger partial charge is 0.422 e. The number of para-hydroxylation sites is 1. The predicted octanol–water partition coefficient (Wildman–Crippen LogP) is 2.81. The minimum Gasteiger partial charge on any atom is -0.422 e. The van der Waals surface area contributed by atoms with Crippen molar-refractivity contribution < 1.29 is 14.0 Å². The Labute approximate surface area is 152 Å². The van der Waals surface area contributed by atoms with Crippen LogP contribution >= 0.6 is 11.3 Å². The van der Waals surface area contributed by atoms with Crippen molar-refractivity contribution in [2.24, 2.45) is 0 Å². The Bertz CT molecular complexity index is 1040. The maximum atomic E-state index is 12.3. The Morgan fingerprint density at radius 3 is 2.62 bits per heavy atom. The van der Waals surface area contributed by atoms with E-state index >= 15 is 0 Å². The average molecular weight is 368 g/mol. The van der Waals surface area contributed by atoms with Gasteiger partial charge in [-0.2, -0.15) is 0 Å². The van der Waals surface area contributed by atoms with Crippen molar-refractivity contribution in [3.63, 3.8) is 0 Å². The first-order valence-electron chi connectivity index (χ1n) is 8.37. The molecule has 0 bridgehead atoms. The van der Waals surface area contributed by atoms with Gasteiger partial charge in [0.2, 0.25) is 0 Å². The van der Waals surface area contributed by atoms with Crippen molar-refractivity contribution in [3.8, 4) is 0 Å². The van der Waals surface area contributed by atoms with E-state index in [4.69, 9.17) is 4.42 Å². The molecule has 26 heavy (non-hydrogen) atoms. The summed E-state index contributed by atoms with van der Waals surface area (Å²) in [4.78, 5) is 38.3. The zero-order valence-electron chi connectivity index (χ0n) is 13.8. The van der Waals surface area contributed by atoms with Gasteiger partial charge in [-0.1, -0.05) is 18.2 Å². The molecule has 0 unspecified atom stereocenters. The van der Waals surface area contributed by atoms with E-state index in [0.717, 1.165) is 25.7 Å². The van der Waals surface area contributed by atoms with Crippen molar-refractivity contribution in [1.82, 2.24) is 10.9 Å². The third kappa shape index (κ3) is 3.13. The number of nitrogens with one attached hydrogen (secondary N) is 2. The monoisotopic (exact) mass is 368 g/mol. The molecular weight excluding hydrogens is 352 g/mol. The molecule has 6 nitrogen and oxygen atoms in total. The molecule has 7 heteroatoms. The molecule has 3 aromatic rings. The second kappa shape index (κ2) is 6.76. The highest BCUT2D eigenvalue weighted by atomic mass is 32.1. The van der Waals surface area contributed by atoms with Gasteiger partial charge in [0.25, 0.3) is 11.8 Å². The summed E-state index contributed by atoms with van der Waals surface area (Å²) in [5, 5.41) is 0.634. The van der Waals surface area contributed by atoms with Crippen LogP contribution in [-0.4, -0.2) is 11.8 Å². The normalized spacial score (nSPS) is 13.2. The van der Waals surface area contributed by atoms with E-state index < -0.39 is 11.5 Å². The number of benzene rings is 1. The number of rotatable bonds is 2. The number of aryl methyl sites for hydroxylation is 2. The van der Waals surface area contributed by atoms with Crippen LogP contribution in [0.5, 0.6) is 0 Å². The zero-order chi connectivity index (χ0) is 18.1. The molecule has 2 amide bonds. The third-order valence-corrected chi connectivity index (χ3v) is 5.63. The van der Waals surface area contributed by atoms with E-state index in [1.54, 1.807) is 24.3 Å². The Balaban J connectivity index is 1.48. The van der Waals surface area contributed by atoms with Crippen molar-refractivity contribution in [2.45, 2.75) is 25.7 Å². The van der Waals surface area contributed by atoms with E-state index in [2.05, 4.69) is 10.9 Å². The van der Waals surface area contributed by atoms with Crippen LogP contribution in [0.2, 0.25) is 0 Å². The Morgan fingerprint density at radius 1 is 1.00 bits per heavy atom. The topological polar surface area (TPSA) is 88.4 Å². The Hall–Kier alpha value is -2.93. The van der Waals surface area contributed by atoms with Gasteiger partial charge in [0.1, 0.15) is 11.1 Å². The van der Waals surface area contributed by atoms with E-state index in [9.17, 15) is 14.4 Å². The Morgan fingerprint density at radius 2 is 1.77 bits per heavy atom. The van der Waals surface area contributed by atoms with Gasteiger partial charge >= 0.3 is 5.63 Å². The lowest BCUT2D eigenvalue weighted by atomic mass is 9.99. The van der Waals surface area contributed by atoms with E-state index in [0.29, 0.717) is 15.8 Å². The molecule has 4 rings (SSSR count). The average Bonchev–Trinajstić information content (AvgIpc) is 3.09. The van der Waals surface area contributed by atoms with E-state index in [1.165, 1.54) is 27.8 Å². The van der Waals surface area contributed by atoms with E-state index in [-0.39, 0.29) is 11.5 Å². The Kier molecular flexibility index (Phi) is 4.30. The lowest BCUT2D eigenvalue weighted by Crippen LogP contribution is -2.42. The first-order chi connectivity index (χ1) is 12.6. The maximum absolute atomic E-state index is 12.3. The molecule has 0 atom stereocenters. The lowest BCUT2D eigenvalue weighted by Gasteiger charge is -2.08. The van der Waals surface area contributed by atoms with Gasteiger partial charge in [0.15, 0.2) is 0 Å². The van der Waals surface area contributed by atoms with Crippen LogP contribution in [-0.2, 0) is 12.8 Å². The summed E-state index contributed by atoms with van der Waals surface area (Å²) in [6, 6.07) is 10.2. The number of hydrogen-bond donors (Lipinski definition) is 2. The lowest BCUT2D eigenvalue weighted by molar-refractivity contribution is 0.0846. The minimum atomic E-state index is -0.748. The molecule has 0 fully saturated rings. The fraction of sp³-hybridized carbons (Fsp3) is 0.211. The number of carbonyl (C=O) groups is 2. The number of fused-ring (bicyclic) bond motifs is 2. The maximum Gasteiger partial charge on any atom is 0.349 e. The highest BCUT2D eigenvalue weighted by molar-refractivity contribution is 7.14. The van der Waals surface area contributed by atoms with Crippen molar-refractivity contribution >= 4 is 34.1 Å². The molecule has 2 N–H and O–H groups in total. The van der Waals surface area contributed by atoms with Gasteiger partial charge in [-0.3, -0.25) is 20.4 Å². The standard InChI is InChI=1S/C19H16N2O4S/c22-17(13-9-11-5-1-3-7-14(11)25-19(13)24)20-21-18(23)16-10-12-6-2-4-8-15(12)26-16/h1,3,5,7,9-10H,2,4,6,8H2,(H,20,22)(H,21,23). The molecule has 0 aliphatic heterocycles. The molecule has 2 aromatic heterocycles. The van der Waals surface area contributed by atoms with Crippen LogP contribution in [0.25, 0.3) is 11.0 Å². The van der Waals surface area contributed by atoms with Crippen molar-refractivity contribution in [2.75, 3.05) is 0 Å². The van der Waals surface area contributed by atoms with Gasteiger partial charge in [-0.05, 0) is 49.4 Å². The molecule has 1 aliphatic carbocycles. The highest BCUT2D eigenvalue weighted by Gasteiger charge is 2.19. The van der Waals surface area contributed by atoms with Crippen LogP contribution in [0.3, 0.4) is 0 Å². The SMILES string of the molecule is O=C(NNC(=O)c1cc2ccccc2oc1=O)c1cc2c(s1)CCCC2. The molecule has 0 radical (unpaired) electrons. The molecule has 1 aliphatic rings. The van der Waals surface area contributed by atoms with Crippen LogP contribution in [0.1, 0.15) is 43.3 Å². The third-order valence-electron chi connectivity index (χ3n) is 4.40. The summed E-state index contributed by atoms with van der Waals surface area (Å²) in [6.07, 6.45) is 4.27. The summed E-state index contributed by atoms with van der Waals surface area (Å²) in [5.74, 6) is -1.10. The first-order valence-corrected chi connectivity index (χ1v) is 9.18. The number of carbonyl (C=O) groups excluding carboxylic acids is 2. The number of hydrazine groups is 1. The number of hydrogen-bond acceptors (Lipinski definition) is 5. The summed E-state index contributed by atoms with van der Waals surface area (Å²) in [7, 11) is 0. The minimum absolute atomic E-state index is 0.158. The number of amides is 2. The molecule has 0 spiro atoms. The second-order valence-corrected chi connectivity index (χ2v) is 7.30.